The van der Waals surface area contributed by atoms with E-state index in [-0.39, 0.29) is 22.0 Å². The zero-order chi connectivity index (χ0) is 15.5. The average Bonchev–Trinajstić information content (AvgIpc) is 2.47. The second-order valence-corrected chi connectivity index (χ2v) is 5.45. The molecule has 0 saturated carbocycles. The molecule has 0 unspecified atom stereocenters. The van der Waals surface area contributed by atoms with Crippen LogP contribution in [0.5, 0.6) is 0 Å². The first-order valence-electron chi connectivity index (χ1n) is 5.51. The molecule has 21 heavy (non-hydrogen) atoms. The fourth-order valence-electron chi connectivity index (χ4n) is 1.50. The maximum atomic E-state index is 12.2. The molecule has 0 radical (unpaired) electrons. The van der Waals surface area contributed by atoms with E-state index >= 15 is 0 Å². The number of aromatic carboxylic acids is 1. The SMILES string of the molecule is N#Cc1ncccc1S(=O)(=O)Nc1cc(C(=O)O)ccn1. The van der Waals surface area contributed by atoms with Crippen molar-refractivity contribution < 1.29 is 18.3 Å². The lowest BCUT2D eigenvalue weighted by molar-refractivity contribution is 0.0697. The highest BCUT2D eigenvalue weighted by molar-refractivity contribution is 7.92. The van der Waals surface area contributed by atoms with Gasteiger partial charge in [0.05, 0.1) is 5.56 Å². The van der Waals surface area contributed by atoms with Gasteiger partial charge in [-0.05, 0) is 24.3 Å². The Bertz CT molecular complexity index is 842. The van der Waals surface area contributed by atoms with Gasteiger partial charge in [0.2, 0.25) is 0 Å². The normalized spacial score (nSPS) is 10.6. The molecule has 106 valence electrons. The Balaban J connectivity index is 2.41. The number of nitrogens with one attached hydrogen (secondary N) is 1. The lowest BCUT2D eigenvalue weighted by Crippen LogP contribution is -2.16. The Morgan fingerprint density at radius 1 is 1.29 bits per heavy atom. The number of nitrogens with zero attached hydrogens (tertiary/aromatic N) is 3. The van der Waals surface area contributed by atoms with Gasteiger partial charge in [-0.15, -0.1) is 0 Å². The van der Waals surface area contributed by atoms with Crippen molar-refractivity contribution in [1.82, 2.24) is 9.97 Å². The molecule has 0 saturated heterocycles. The number of pyridine rings is 2. The molecule has 0 bridgehead atoms. The number of hydrogen-bond acceptors (Lipinski definition) is 6. The number of hydrogen-bond donors (Lipinski definition) is 2. The molecule has 0 aromatic carbocycles. The molecule has 2 rings (SSSR count). The van der Waals surface area contributed by atoms with Crippen LogP contribution < -0.4 is 4.72 Å². The molecule has 0 atom stereocenters. The summed E-state index contributed by atoms with van der Waals surface area (Å²) in [5, 5.41) is 17.7. The van der Waals surface area contributed by atoms with E-state index in [4.69, 9.17) is 10.4 Å². The Hall–Kier alpha value is -2.99. The van der Waals surface area contributed by atoms with Crippen LogP contribution in [-0.4, -0.2) is 29.5 Å². The second-order valence-electron chi connectivity index (χ2n) is 3.80. The summed E-state index contributed by atoms with van der Waals surface area (Å²) in [5.41, 5.74) is -0.381. The van der Waals surface area contributed by atoms with E-state index < -0.39 is 16.0 Å². The topological polar surface area (TPSA) is 133 Å². The van der Waals surface area contributed by atoms with E-state index in [1.165, 1.54) is 24.4 Å². The summed E-state index contributed by atoms with van der Waals surface area (Å²) >= 11 is 0. The van der Waals surface area contributed by atoms with Crippen molar-refractivity contribution in [3.05, 3.63) is 47.9 Å². The fraction of sp³-hybridized carbons (Fsp3) is 0. The summed E-state index contributed by atoms with van der Waals surface area (Å²) in [5.74, 6) is -1.38. The van der Waals surface area contributed by atoms with Crippen LogP contribution in [0.15, 0.2) is 41.6 Å². The molecule has 2 N–H and O–H groups in total. The summed E-state index contributed by atoms with van der Waals surface area (Å²) in [6.45, 7) is 0. The number of sulfonamides is 1. The number of aromatic nitrogens is 2. The van der Waals surface area contributed by atoms with Crippen LogP contribution in [0, 0.1) is 11.3 Å². The molecule has 2 heterocycles. The van der Waals surface area contributed by atoms with Gasteiger partial charge in [-0.3, -0.25) is 4.72 Å². The summed E-state index contributed by atoms with van der Waals surface area (Å²) in [6.07, 6.45) is 2.45. The minimum atomic E-state index is -4.09. The quantitative estimate of drug-likeness (QED) is 0.855. The lowest BCUT2D eigenvalue weighted by Gasteiger charge is -2.08. The van der Waals surface area contributed by atoms with Gasteiger partial charge in [-0.1, -0.05) is 0 Å². The van der Waals surface area contributed by atoms with Gasteiger partial charge in [-0.25, -0.2) is 23.2 Å². The van der Waals surface area contributed by atoms with Gasteiger partial charge in [-0.2, -0.15) is 5.26 Å². The molecule has 0 spiro atoms. The highest BCUT2D eigenvalue weighted by Crippen LogP contribution is 2.17. The number of anilines is 1. The first-order chi connectivity index (χ1) is 9.94. The molecule has 0 fully saturated rings. The number of rotatable bonds is 4. The minimum absolute atomic E-state index is 0.116. The first kappa shape index (κ1) is 14.4. The summed E-state index contributed by atoms with van der Waals surface area (Å²) in [6, 6.07) is 6.56. The van der Waals surface area contributed by atoms with Crippen LogP contribution in [0.2, 0.25) is 0 Å². The molecular formula is C12H8N4O4S. The third-order valence-corrected chi connectivity index (χ3v) is 3.80. The molecule has 0 aliphatic rings. The van der Waals surface area contributed by atoms with Gasteiger partial charge in [0, 0.05) is 12.4 Å². The Labute approximate surface area is 119 Å². The van der Waals surface area contributed by atoms with E-state index in [1.807, 2.05) is 0 Å². The molecular weight excluding hydrogens is 296 g/mol. The van der Waals surface area contributed by atoms with Crippen LogP contribution >= 0.6 is 0 Å². The molecule has 9 heteroatoms. The predicted octanol–water partition coefficient (Wildman–Crippen LogP) is 0.847. The number of carboxylic acids is 1. The second kappa shape index (κ2) is 5.56. The van der Waals surface area contributed by atoms with E-state index in [0.29, 0.717) is 0 Å². The standard InChI is InChI=1S/C12H8N4O4S/c13-7-9-10(2-1-4-14-9)21(19,20)16-11-6-8(12(17)18)3-5-15-11/h1-6H,(H,15,16)(H,17,18). The maximum absolute atomic E-state index is 12.2. The third kappa shape index (κ3) is 3.13. The van der Waals surface area contributed by atoms with Crippen molar-refractivity contribution in [1.29, 1.82) is 5.26 Å². The van der Waals surface area contributed by atoms with Crippen LogP contribution in [0.25, 0.3) is 0 Å². The Kier molecular flexibility index (Phi) is 3.82. The third-order valence-electron chi connectivity index (χ3n) is 2.41. The minimum Gasteiger partial charge on any atom is -0.478 e. The van der Waals surface area contributed by atoms with Crippen molar-refractivity contribution in [3.8, 4) is 6.07 Å². The predicted molar refractivity (Wildman–Crippen MR) is 71.0 cm³/mol. The van der Waals surface area contributed by atoms with Crippen LogP contribution in [0.4, 0.5) is 5.82 Å². The summed E-state index contributed by atoms with van der Waals surface area (Å²) in [7, 11) is -4.09. The van der Waals surface area contributed by atoms with Gasteiger partial charge >= 0.3 is 5.97 Å². The Morgan fingerprint density at radius 3 is 2.71 bits per heavy atom. The van der Waals surface area contributed by atoms with Crippen LogP contribution in [0.1, 0.15) is 16.1 Å². The van der Waals surface area contributed by atoms with Crippen LogP contribution in [-0.2, 0) is 10.0 Å². The smallest absolute Gasteiger partial charge is 0.335 e. The summed E-state index contributed by atoms with van der Waals surface area (Å²) < 4.78 is 26.5. The maximum Gasteiger partial charge on any atom is 0.335 e. The highest BCUT2D eigenvalue weighted by atomic mass is 32.2. The first-order valence-corrected chi connectivity index (χ1v) is 6.99. The molecule has 2 aromatic heterocycles. The van der Waals surface area contributed by atoms with Crippen molar-refractivity contribution in [2.24, 2.45) is 0 Å². The molecule has 0 aliphatic carbocycles. The molecule has 2 aromatic rings. The lowest BCUT2D eigenvalue weighted by atomic mass is 10.3. The van der Waals surface area contributed by atoms with Gasteiger partial charge in [0.1, 0.15) is 16.8 Å². The largest absolute Gasteiger partial charge is 0.478 e. The van der Waals surface area contributed by atoms with Crippen molar-refractivity contribution in [2.45, 2.75) is 4.90 Å². The van der Waals surface area contributed by atoms with E-state index in [2.05, 4.69) is 14.7 Å². The highest BCUT2D eigenvalue weighted by Gasteiger charge is 2.20. The fourth-order valence-corrected chi connectivity index (χ4v) is 2.61. The van der Waals surface area contributed by atoms with E-state index in [0.717, 1.165) is 12.3 Å². The zero-order valence-electron chi connectivity index (χ0n) is 10.4. The number of carbonyl (C=O) groups is 1. The monoisotopic (exact) mass is 304 g/mol. The van der Waals surface area contributed by atoms with Crippen molar-refractivity contribution in [3.63, 3.8) is 0 Å². The van der Waals surface area contributed by atoms with Gasteiger partial charge < -0.3 is 5.11 Å². The zero-order valence-corrected chi connectivity index (χ0v) is 11.2. The van der Waals surface area contributed by atoms with Crippen molar-refractivity contribution in [2.75, 3.05) is 4.72 Å². The molecule has 8 nitrogen and oxygen atoms in total. The average molecular weight is 304 g/mol. The van der Waals surface area contributed by atoms with E-state index in [9.17, 15) is 13.2 Å². The summed E-state index contributed by atoms with van der Waals surface area (Å²) in [4.78, 5) is 17.9. The van der Waals surface area contributed by atoms with Gasteiger partial charge in [0.25, 0.3) is 10.0 Å². The molecule has 0 aliphatic heterocycles. The van der Waals surface area contributed by atoms with Crippen LogP contribution in [0.3, 0.4) is 0 Å². The Morgan fingerprint density at radius 2 is 2.05 bits per heavy atom. The molecule has 0 amide bonds. The van der Waals surface area contributed by atoms with Gasteiger partial charge in [0.15, 0.2) is 5.69 Å². The van der Waals surface area contributed by atoms with Crippen molar-refractivity contribution >= 4 is 21.8 Å². The number of carboxylic acid groups (broad SMARTS) is 1. The van der Waals surface area contributed by atoms with E-state index in [1.54, 1.807) is 6.07 Å². The number of nitriles is 1.